The molecule has 0 atom stereocenters. The van der Waals surface area contributed by atoms with E-state index in [1.165, 1.54) is 0 Å². The molecule has 0 spiro atoms. The Bertz CT molecular complexity index is 708. The maximum atomic E-state index is 3.58. The Labute approximate surface area is 134 Å². The van der Waals surface area contributed by atoms with Gasteiger partial charge in [-0.05, 0) is 31.9 Å². The second-order valence-corrected chi connectivity index (χ2v) is 6.44. The van der Waals surface area contributed by atoms with Crippen molar-refractivity contribution in [3.8, 4) is 11.4 Å². The smallest absolute Gasteiger partial charge is 0.239 e. The fraction of sp³-hybridized carbons (Fsp3) is 0.143. The quantitative estimate of drug-likeness (QED) is 0.591. The van der Waals surface area contributed by atoms with Crippen molar-refractivity contribution in [3.05, 3.63) is 58.5 Å². The molecule has 102 valence electrons. The van der Waals surface area contributed by atoms with Crippen LogP contribution in [0.25, 0.3) is 11.4 Å². The minimum atomic E-state index is 1.03. The first-order chi connectivity index (χ1) is 9.54. The number of aryl methyl sites for hydroxylation is 2. The van der Waals surface area contributed by atoms with Crippen molar-refractivity contribution in [2.24, 2.45) is 14.1 Å². The Morgan fingerprint density at radius 3 is 1.50 bits per heavy atom. The van der Waals surface area contributed by atoms with Gasteiger partial charge in [0.25, 0.3) is 0 Å². The number of nitrogens with zero attached hydrogens (tertiary/aromatic N) is 4. The molecule has 0 saturated carbocycles. The number of imidazole rings is 2. The summed E-state index contributed by atoms with van der Waals surface area (Å²) in [5, 5.41) is 0. The van der Waals surface area contributed by atoms with Crippen LogP contribution in [0.5, 0.6) is 0 Å². The minimum Gasteiger partial charge on any atom is -0.239 e. The van der Waals surface area contributed by atoms with Gasteiger partial charge in [-0.25, -0.2) is 9.13 Å². The molecule has 0 amide bonds. The first-order valence-electron chi connectivity index (χ1n) is 6.11. The van der Waals surface area contributed by atoms with E-state index >= 15 is 0 Å². The van der Waals surface area contributed by atoms with Crippen LogP contribution in [0.3, 0.4) is 0 Å². The molecular formula is C14H14Br2N4+2. The van der Waals surface area contributed by atoms with E-state index in [0.29, 0.717) is 0 Å². The van der Waals surface area contributed by atoms with E-state index in [0.717, 1.165) is 20.3 Å². The SMILES string of the molecule is C[n+]1ccn(-c2cc(Br)c(Br)cc2-n2cc[n+](C)c2)c1. The van der Waals surface area contributed by atoms with Crippen LogP contribution in [-0.2, 0) is 14.1 Å². The van der Waals surface area contributed by atoms with Crippen LogP contribution >= 0.6 is 31.9 Å². The minimum absolute atomic E-state index is 1.03. The van der Waals surface area contributed by atoms with Crippen molar-refractivity contribution in [2.45, 2.75) is 0 Å². The molecule has 0 aliphatic heterocycles. The van der Waals surface area contributed by atoms with Crippen LogP contribution in [0.4, 0.5) is 0 Å². The maximum Gasteiger partial charge on any atom is 0.248 e. The van der Waals surface area contributed by atoms with Crippen LogP contribution in [-0.4, -0.2) is 9.13 Å². The molecular weight excluding hydrogens is 384 g/mol. The highest BCUT2D eigenvalue weighted by Gasteiger charge is 2.19. The molecule has 0 bridgehead atoms. The highest BCUT2D eigenvalue weighted by molar-refractivity contribution is 9.13. The first kappa shape index (κ1) is 13.6. The molecule has 0 aliphatic rings. The predicted octanol–water partition coefficient (Wildman–Crippen LogP) is 2.44. The Balaban J connectivity index is 2.24. The summed E-state index contributed by atoms with van der Waals surface area (Å²) in [5.41, 5.74) is 2.22. The van der Waals surface area contributed by atoms with Gasteiger partial charge in [0.05, 0.1) is 14.1 Å². The van der Waals surface area contributed by atoms with Crippen molar-refractivity contribution >= 4 is 31.9 Å². The van der Waals surface area contributed by atoms with E-state index in [1.807, 2.05) is 60.7 Å². The lowest BCUT2D eigenvalue weighted by Crippen LogP contribution is -2.24. The Morgan fingerprint density at radius 2 is 1.20 bits per heavy atom. The zero-order chi connectivity index (χ0) is 14.3. The summed E-state index contributed by atoms with van der Waals surface area (Å²) in [6.45, 7) is 0. The normalized spacial score (nSPS) is 11.0. The topological polar surface area (TPSA) is 17.6 Å². The molecule has 2 heterocycles. The van der Waals surface area contributed by atoms with Gasteiger partial charge in [0.15, 0.2) is 11.4 Å². The Hall–Kier alpha value is -1.40. The highest BCUT2D eigenvalue weighted by Crippen LogP contribution is 2.30. The summed E-state index contributed by atoms with van der Waals surface area (Å²) in [7, 11) is 4.03. The van der Waals surface area contributed by atoms with E-state index in [1.54, 1.807) is 0 Å². The largest absolute Gasteiger partial charge is 0.248 e. The number of halogens is 2. The van der Waals surface area contributed by atoms with Gasteiger partial charge in [-0.1, -0.05) is 0 Å². The third-order valence-electron chi connectivity index (χ3n) is 3.11. The van der Waals surface area contributed by atoms with Crippen LogP contribution in [0.2, 0.25) is 0 Å². The molecule has 0 radical (unpaired) electrons. The molecule has 2 aromatic heterocycles. The summed E-state index contributed by atoms with van der Waals surface area (Å²) >= 11 is 7.16. The second kappa shape index (κ2) is 5.18. The van der Waals surface area contributed by atoms with Crippen LogP contribution in [0.1, 0.15) is 0 Å². The van der Waals surface area contributed by atoms with E-state index in [9.17, 15) is 0 Å². The summed E-state index contributed by atoms with van der Waals surface area (Å²) < 4.78 is 10.3. The lowest BCUT2D eigenvalue weighted by molar-refractivity contribution is -0.670. The van der Waals surface area contributed by atoms with Crippen LogP contribution in [0, 0.1) is 0 Å². The van der Waals surface area contributed by atoms with Gasteiger partial charge in [-0.15, -0.1) is 0 Å². The van der Waals surface area contributed by atoms with Crippen molar-refractivity contribution in [3.63, 3.8) is 0 Å². The van der Waals surface area contributed by atoms with E-state index < -0.39 is 0 Å². The molecule has 20 heavy (non-hydrogen) atoms. The zero-order valence-corrected chi connectivity index (χ0v) is 14.3. The van der Waals surface area contributed by atoms with Crippen molar-refractivity contribution in [2.75, 3.05) is 0 Å². The van der Waals surface area contributed by atoms with Crippen LogP contribution in [0.15, 0.2) is 58.5 Å². The Morgan fingerprint density at radius 1 is 0.800 bits per heavy atom. The Kier molecular flexibility index (Phi) is 3.52. The fourth-order valence-corrected chi connectivity index (χ4v) is 2.79. The number of aromatic nitrogens is 4. The summed E-state index contributed by atoms with van der Waals surface area (Å²) in [4.78, 5) is 0. The van der Waals surface area contributed by atoms with E-state index in [4.69, 9.17) is 0 Å². The molecule has 3 aromatic rings. The maximum absolute atomic E-state index is 3.58. The lowest BCUT2D eigenvalue weighted by atomic mass is 10.2. The predicted molar refractivity (Wildman–Crippen MR) is 82.8 cm³/mol. The van der Waals surface area contributed by atoms with Gasteiger partial charge >= 0.3 is 0 Å². The summed E-state index contributed by atoms with van der Waals surface area (Å²) in [6.07, 6.45) is 12.2. The molecule has 3 rings (SSSR count). The van der Waals surface area contributed by atoms with E-state index in [-0.39, 0.29) is 0 Å². The monoisotopic (exact) mass is 396 g/mol. The van der Waals surface area contributed by atoms with Crippen molar-refractivity contribution in [1.82, 2.24) is 9.13 Å². The average Bonchev–Trinajstić information content (AvgIpc) is 3.01. The van der Waals surface area contributed by atoms with Gasteiger partial charge in [-0.3, -0.25) is 0 Å². The van der Waals surface area contributed by atoms with Crippen molar-refractivity contribution < 1.29 is 9.13 Å². The molecule has 0 unspecified atom stereocenters. The average molecular weight is 398 g/mol. The number of hydrogen-bond donors (Lipinski definition) is 0. The van der Waals surface area contributed by atoms with Crippen molar-refractivity contribution in [1.29, 1.82) is 0 Å². The lowest BCUT2D eigenvalue weighted by Gasteiger charge is -2.05. The first-order valence-corrected chi connectivity index (χ1v) is 7.69. The molecule has 1 aromatic carbocycles. The summed E-state index contributed by atoms with van der Waals surface area (Å²) in [5.74, 6) is 0. The standard InChI is InChI=1S/C14H14Br2N4/c1-17-3-5-19(9-17)13-7-11(15)12(16)8-14(13)20-6-4-18(2)10-20/h3-10H,1-2H3/q+2. The molecule has 4 nitrogen and oxygen atoms in total. The number of hydrogen-bond acceptors (Lipinski definition) is 0. The van der Waals surface area contributed by atoms with Gasteiger partial charge in [0.2, 0.25) is 12.7 Å². The summed E-state index contributed by atoms with van der Waals surface area (Å²) in [6, 6.07) is 4.22. The third kappa shape index (κ3) is 2.45. The van der Waals surface area contributed by atoms with Gasteiger partial charge < -0.3 is 0 Å². The highest BCUT2D eigenvalue weighted by atomic mass is 79.9. The van der Waals surface area contributed by atoms with Gasteiger partial charge in [-0.2, -0.15) is 9.13 Å². The number of benzene rings is 1. The van der Waals surface area contributed by atoms with Gasteiger partial charge in [0.1, 0.15) is 24.8 Å². The second-order valence-electron chi connectivity index (χ2n) is 4.73. The molecule has 6 heteroatoms. The van der Waals surface area contributed by atoms with E-state index in [2.05, 4.69) is 53.1 Å². The molecule has 0 saturated heterocycles. The van der Waals surface area contributed by atoms with Crippen LogP contribution < -0.4 is 9.13 Å². The molecule has 0 fully saturated rings. The van der Waals surface area contributed by atoms with Gasteiger partial charge in [0, 0.05) is 21.1 Å². The fourth-order valence-electron chi connectivity index (χ4n) is 2.12. The zero-order valence-electron chi connectivity index (χ0n) is 11.2. The molecule has 0 N–H and O–H groups in total. The molecule has 0 aliphatic carbocycles. The number of rotatable bonds is 2. The third-order valence-corrected chi connectivity index (χ3v) is 4.96.